The maximum atomic E-state index is 4.80. The average Bonchev–Trinajstić information content (AvgIpc) is 2.97. The van der Waals surface area contributed by atoms with Gasteiger partial charge in [-0.05, 0) is 37.7 Å². The van der Waals surface area contributed by atoms with Crippen LogP contribution in [0.15, 0.2) is 36.5 Å². The minimum atomic E-state index is 0.708. The zero-order chi connectivity index (χ0) is 17.6. The molecule has 0 aliphatic carbocycles. The van der Waals surface area contributed by atoms with Crippen molar-refractivity contribution < 1.29 is 0 Å². The first-order valence-corrected chi connectivity index (χ1v) is 9.18. The van der Waals surface area contributed by atoms with Gasteiger partial charge in [0, 0.05) is 30.4 Å². The van der Waals surface area contributed by atoms with Gasteiger partial charge >= 0.3 is 0 Å². The minimum absolute atomic E-state index is 0.708. The molecule has 1 aliphatic rings. The molecule has 4 nitrogen and oxygen atoms in total. The van der Waals surface area contributed by atoms with Crippen LogP contribution in [0.2, 0.25) is 0 Å². The molecule has 0 unspecified atom stereocenters. The molecule has 3 heterocycles. The molecular weight excluding hydrogens is 308 g/mol. The summed E-state index contributed by atoms with van der Waals surface area (Å²) in [5.74, 6) is 2.58. The Kier molecular flexibility index (Phi) is 3.98. The lowest BCUT2D eigenvalue weighted by atomic mass is 9.92. The summed E-state index contributed by atoms with van der Waals surface area (Å²) in [7, 11) is 0. The second-order valence-electron chi connectivity index (χ2n) is 7.77. The molecular formula is C21H26N4. The Morgan fingerprint density at radius 2 is 1.68 bits per heavy atom. The van der Waals surface area contributed by atoms with Gasteiger partial charge in [-0.1, -0.05) is 43.7 Å². The summed E-state index contributed by atoms with van der Waals surface area (Å²) in [4.78, 5) is 7.28. The number of hydrogen-bond donors (Lipinski definition) is 0. The highest BCUT2D eigenvalue weighted by molar-refractivity contribution is 5.78. The normalized spacial score (nSPS) is 21.0. The molecule has 4 rings (SSSR count). The summed E-state index contributed by atoms with van der Waals surface area (Å²) in [6.45, 7) is 11.0. The number of benzene rings is 1. The van der Waals surface area contributed by atoms with Crippen LogP contribution in [0.1, 0.15) is 31.5 Å². The number of hydrogen-bond acceptors (Lipinski definition) is 3. The van der Waals surface area contributed by atoms with E-state index in [1.54, 1.807) is 0 Å². The number of aromatic nitrogens is 3. The van der Waals surface area contributed by atoms with Gasteiger partial charge in [-0.15, -0.1) is 0 Å². The van der Waals surface area contributed by atoms with Crippen molar-refractivity contribution >= 4 is 11.5 Å². The van der Waals surface area contributed by atoms with Crippen molar-refractivity contribution in [3.05, 3.63) is 47.8 Å². The monoisotopic (exact) mass is 334 g/mol. The number of rotatable bonds is 2. The average molecular weight is 334 g/mol. The van der Waals surface area contributed by atoms with Crippen LogP contribution in [0, 0.1) is 25.7 Å². The molecule has 1 aromatic carbocycles. The summed E-state index contributed by atoms with van der Waals surface area (Å²) < 4.78 is 2.02. The molecule has 2 aromatic heterocycles. The number of piperidine rings is 1. The molecule has 0 bridgehead atoms. The van der Waals surface area contributed by atoms with E-state index in [1.807, 2.05) is 10.7 Å². The first kappa shape index (κ1) is 16.1. The van der Waals surface area contributed by atoms with Crippen LogP contribution >= 0.6 is 0 Å². The van der Waals surface area contributed by atoms with Crippen LogP contribution in [0.25, 0.3) is 16.8 Å². The highest BCUT2D eigenvalue weighted by Gasteiger charge is 2.24. The fraction of sp³-hybridized carbons (Fsp3) is 0.429. The summed E-state index contributed by atoms with van der Waals surface area (Å²) in [6, 6.07) is 10.8. The van der Waals surface area contributed by atoms with Gasteiger partial charge in [0.15, 0.2) is 5.65 Å². The van der Waals surface area contributed by atoms with Crippen LogP contribution in [-0.2, 0) is 0 Å². The zero-order valence-electron chi connectivity index (χ0n) is 15.5. The molecule has 25 heavy (non-hydrogen) atoms. The SMILES string of the molecule is Cc1ccc(-c2cnn3c(N4C[C@@H](C)C[C@H](C)C4)cc(C)nc23)cc1. The Morgan fingerprint density at radius 3 is 2.36 bits per heavy atom. The summed E-state index contributed by atoms with van der Waals surface area (Å²) in [5.41, 5.74) is 5.53. The lowest BCUT2D eigenvalue weighted by Crippen LogP contribution is -2.39. The molecule has 0 saturated carbocycles. The molecule has 1 fully saturated rings. The van der Waals surface area contributed by atoms with E-state index in [-0.39, 0.29) is 0 Å². The minimum Gasteiger partial charge on any atom is -0.356 e. The zero-order valence-corrected chi connectivity index (χ0v) is 15.5. The lowest BCUT2D eigenvalue weighted by Gasteiger charge is -2.36. The van der Waals surface area contributed by atoms with Crippen molar-refractivity contribution in [2.75, 3.05) is 18.0 Å². The van der Waals surface area contributed by atoms with Crippen LogP contribution in [0.3, 0.4) is 0 Å². The van der Waals surface area contributed by atoms with Crippen LogP contribution in [0.4, 0.5) is 5.82 Å². The van der Waals surface area contributed by atoms with Gasteiger partial charge in [0.25, 0.3) is 0 Å². The van der Waals surface area contributed by atoms with Crippen molar-refractivity contribution in [1.82, 2.24) is 14.6 Å². The first-order valence-electron chi connectivity index (χ1n) is 9.18. The van der Waals surface area contributed by atoms with E-state index in [1.165, 1.54) is 23.4 Å². The van der Waals surface area contributed by atoms with E-state index in [0.717, 1.165) is 30.0 Å². The Balaban J connectivity index is 1.83. The molecule has 0 N–H and O–H groups in total. The molecule has 1 saturated heterocycles. The standard InChI is InChI=1S/C21H26N4/c1-14-5-7-18(8-6-14)19-11-22-25-20(10-17(4)23-21(19)25)24-12-15(2)9-16(3)13-24/h5-8,10-11,15-16H,9,12-13H2,1-4H3/t15-,16-/m0/s1. The Labute approximate surface area is 149 Å². The van der Waals surface area contributed by atoms with E-state index in [0.29, 0.717) is 11.8 Å². The lowest BCUT2D eigenvalue weighted by molar-refractivity contribution is 0.354. The third kappa shape index (κ3) is 3.01. The van der Waals surface area contributed by atoms with Gasteiger partial charge in [0.1, 0.15) is 5.82 Å². The predicted octanol–water partition coefficient (Wildman–Crippen LogP) is 4.50. The van der Waals surface area contributed by atoms with Crippen molar-refractivity contribution in [2.45, 2.75) is 34.1 Å². The Hall–Kier alpha value is -2.36. The molecule has 4 heteroatoms. The Morgan fingerprint density at radius 1 is 1.00 bits per heavy atom. The molecule has 130 valence electrons. The van der Waals surface area contributed by atoms with E-state index >= 15 is 0 Å². The highest BCUT2D eigenvalue weighted by Crippen LogP contribution is 2.30. The van der Waals surface area contributed by atoms with Gasteiger partial charge in [-0.2, -0.15) is 9.61 Å². The molecule has 1 aliphatic heterocycles. The molecule has 0 spiro atoms. The van der Waals surface area contributed by atoms with E-state index in [9.17, 15) is 0 Å². The third-order valence-corrected chi connectivity index (χ3v) is 5.14. The van der Waals surface area contributed by atoms with Gasteiger partial charge < -0.3 is 4.90 Å². The van der Waals surface area contributed by atoms with Crippen LogP contribution in [-0.4, -0.2) is 27.7 Å². The summed E-state index contributed by atoms with van der Waals surface area (Å²) in [5, 5.41) is 4.70. The van der Waals surface area contributed by atoms with Gasteiger partial charge in [0.2, 0.25) is 0 Å². The second kappa shape index (κ2) is 6.17. The van der Waals surface area contributed by atoms with E-state index in [2.05, 4.69) is 62.9 Å². The number of nitrogens with zero attached hydrogens (tertiary/aromatic N) is 4. The molecule has 3 aromatic rings. The largest absolute Gasteiger partial charge is 0.356 e. The summed E-state index contributed by atoms with van der Waals surface area (Å²) in [6.07, 6.45) is 3.25. The Bertz CT molecular complexity index is 884. The molecule has 0 radical (unpaired) electrons. The van der Waals surface area contributed by atoms with Crippen LogP contribution in [0.5, 0.6) is 0 Å². The quantitative estimate of drug-likeness (QED) is 0.692. The van der Waals surface area contributed by atoms with Crippen LogP contribution < -0.4 is 4.90 Å². The summed E-state index contributed by atoms with van der Waals surface area (Å²) >= 11 is 0. The van der Waals surface area contributed by atoms with Crippen molar-refractivity contribution in [3.63, 3.8) is 0 Å². The van der Waals surface area contributed by atoms with E-state index in [4.69, 9.17) is 10.1 Å². The van der Waals surface area contributed by atoms with Gasteiger partial charge in [0.05, 0.1) is 6.20 Å². The number of fused-ring (bicyclic) bond motifs is 1. The van der Waals surface area contributed by atoms with Crippen molar-refractivity contribution in [1.29, 1.82) is 0 Å². The highest BCUT2D eigenvalue weighted by atomic mass is 15.3. The first-order chi connectivity index (χ1) is 12.0. The maximum absolute atomic E-state index is 4.80. The molecule has 0 amide bonds. The van der Waals surface area contributed by atoms with Gasteiger partial charge in [-0.25, -0.2) is 4.98 Å². The van der Waals surface area contributed by atoms with Crippen molar-refractivity contribution in [3.8, 4) is 11.1 Å². The molecule has 2 atom stereocenters. The predicted molar refractivity (Wildman–Crippen MR) is 103 cm³/mol. The second-order valence-corrected chi connectivity index (χ2v) is 7.77. The smallest absolute Gasteiger partial charge is 0.165 e. The van der Waals surface area contributed by atoms with E-state index < -0.39 is 0 Å². The number of anilines is 1. The number of aryl methyl sites for hydroxylation is 2. The van der Waals surface area contributed by atoms with Crippen molar-refractivity contribution in [2.24, 2.45) is 11.8 Å². The fourth-order valence-electron chi connectivity index (χ4n) is 4.08. The van der Waals surface area contributed by atoms with Gasteiger partial charge in [-0.3, -0.25) is 0 Å². The third-order valence-electron chi connectivity index (χ3n) is 5.14. The topological polar surface area (TPSA) is 33.4 Å². The maximum Gasteiger partial charge on any atom is 0.165 e. The fourth-order valence-corrected chi connectivity index (χ4v) is 4.08.